The van der Waals surface area contributed by atoms with Gasteiger partial charge in [-0.3, -0.25) is 24.0 Å². The second-order valence-corrected chi connectivity index (χ2v) is 15.7. The standard InChI is InChI=1S/C46H52F3NO18/c1-26(51)59-24-34(65-28(3)53)38(66-29(4)54)39-36(50-43(56)46(47,48)49)33(64-27(2)52)20-45(68-39,44(57)58)63-25-35-37(60-21-30-14-8-5-9-15-30)40(61-22-31-16-10-6-11-17-31)41(42(55)67-35)62-23-32-18-12-7-13-19-32/h5-19,33-42,55H,20-25H2,1-4H3,(H,50,56)(H,57,58)/t33-,34+,35+,36+,37-,38-,39+,40-,41+,42-,45+/m0/s1. The summed E-state index contributed by atoms with van der Waals surface area (Å²) in [5, 5.41) is 24.2. The summed E-state index contributed by atoms with van der Waals surface area (Å²) < 4.78 is 100.0. The van der Waals surface area contributed by atoms with E-state index in [1.54, 1.807) is 96.3 Å². The molecule has 22 heteroatoms. The van der Waals surface area contributed by atoms with Gasteiger partial charge in [0.25, 0.3) is 5.79 Å². The first-order chi connectivity index (χ1) is 32.3. The first kappa shape index (κ1) is 53.0. The minimum Gasteiger partial charge on any atom is -0.477 e. The van der Waals surface area contributed by atoms with Gasteiger partial charge in [0.2, 0.25) is 0 Å². The van der Waals surface area contributed by atoms with E-state index in [1.807, 2.05) is 0 Å². The van der Waals surface area contributed by atoms with Gasteiger partial charge in [0.05, 0.1) is 38.9 Å². The number of amides is 1. The van der Waals surface area contributed by atoms with E-state index in [9.17, 15) is 52.2 Å². The van der Waals surface area contributed by atoms with E-state index in [4.69, 9.17) is 47.4 Å². The molecular weight excluding hydrogens is 911 g/mol. The molecule has 0 unspecified atom stereocenters. The fourth-order valence-electron chi connectivity index (χ4n) is 7.51. The number of benzene rings is 3. The Morgan fingerprint density at radius 1 is 0.721 bits per heavy atom. The number of carboxylic acids is 1. The van der Waals surface area contributed by atoms with Crippen molar-refractivity contribution >= 4 is 35.8 Å². The number of hydrogen-bond donors (Lipinski definition) is 3. The van der Waals surface area contributed by atoms with Crippen LogP contribution in [0, 0.1) is 0 Å². The summed E-state index contributed by atoms with van der Waals surface area (Å²) in [5.74, 6) is -12.2. The lowest BCUT2D eigenvalue weighted by Gasteiger charge is -2.49. The van der Waals surface area contributed by atoms with Crippen LogP contribution in [0.3, 0.4) is 0 Å². The van der Waals surface area contributed by atoms with Gasteiger partial charge in [-0.25, -0.2) is 4.79 Å². The minimum absolute atomic E-state index is 0.0279. The molecule has 2 aliphatic heterocycles. The van der Waals surface area contributed by atoms with Crippen LogP contribution in [0.1, 0.15) is 50.8 Å². The quantitative estimate of drug-likeness (QED) is 0.102. The van der Waals surface area contributed by atoms with Crippen LogP contribution >= 0.6 is 0 Å². The maximum atomic E-state index is 13.9. The molecule has 11 atom stereocenters. The number of carbonyl (C=O) groups excluding carboxylic acids is 5. The second-order valence-electron chi connectivity index (χ2n) is 15.7. The van der Waals surface area contributed by atoms with Crippen LogP contribution in [0.25, 0.3) is 0 Å². The van der Waals surface area contributed by atoms with E-state index in [2.05, 4.69) is 0 Å². The number of ether oxygens (including phenoxy) is 10. The molecule has 0 spiro atoms. The molecule has 68 heavy (non-hydrogen) atoms. The molecule has 1 amide bonds. The van der Waals surface area contributed by atoms with Crippen LogP contribution < -0.4 is 5.32 Å². The average molecular weight is 964 g/mol. The zero-order valence-electron chi connectivity index (χ0n) is 37.2. The van der Waals surface area contributed by atoms with Crippen LogP contribution in [-0.4, -0.2) is 132 Å². The third-order valence-corrected chi connectivity index (χ3v) is 10.5. The molecule has 2 fully saturated rings. The van der Waals surface area contributed by atoms with Gasteiger partial charge in [-0.1, -0.05) is 91.0 Å². The third-order valence-electron chi connectivity index (χ3n) is 10.5. The Bertz CT molecular complexity index is 2150. The van der Waals surface area contributed by atoms with Gasteiger partial charge in [0.15, 0.2) is 18.5 Å². The molecule has 5 rings (SSSR count). The first-order valence-corrected chi connectivity index (χ1v) is 21.1. The van der Waals surface area contributed by atoms with Crippen molar-refractivity contribution in [2.24, 2.45) is 0 Å². The van der Waals surface area contributed by atoms with Crippen molar-refractivity contribution in [1.82, 2.24) is 5.32 Å². The maximum absolute atomic E-state index is 13.9. The van der Waals surface area contributed by atoms with Crippen molar-refractivity contribution < 1.29 is 99.5 Å². The highest BCUT2D eigenvalue weighted by Crippen LogP contribution is 2.39. The minimum atomic E-state index is -5.59. The molecule has 3 aromatic carbocycles. The summed E-state index contributed by atoms with van der Waals surface area (Å²) in [6.07, 6.45) is -22.4. The number of nitrogens with one attached hydrogen (secondary N) is 1. The van der Waals surface area contributed by atoms with E-state index >= 15 is 0 Å². The molecule has 2 saturated heterocycles. The van der Waals surface area contributed by atoms with E-state index in [-0.39, 0.29) is 19.8 Å². The Labute approximate surface area is 387 Å². The van der Waals surface area contributed by atoms with Crippen LogP contribution in [0.5, 0.6) is 0 Å². The summed E-state index contributed by atoms with van der Waals surface area (Å²) in [7, 11) is 0. The molecule has 370 valence electrons. The Morgan fingerprint density at radius 3 is 1.68 bits per heavy atom. The molecular formula is C46H52F3NO18. The lowest BCUT2D eigenvalue weighted by molar-refractivity contribution is -0.345. The van der Waals surface area contributed by atoms with E-state index < -0.39 is 129 Å². The fraction of sp³-hybridized carbons (Fsp3) is 0.478. The molecule has 3 N–H and O–H groups in total. The fourth-order valence-corrected chi connectivity index (χ4v) is 7.51. The van der Waals surface area contributed by atoms with Crippen LogP contribution in [0.15, 0.2) is 91.0 Å². The van der Waals surface area contributed by atoms with Gasteiger partial charge in [0, 0.05) is 27.7 Å². The van der Waals surface area contributed by atoms with Gasteiger partial charge in [-0.2, -0.15) is 13.2 Å². The second kappa shape index (κ2) is 24.3. The average Bonchev–Trinajstić information content (AvgIpc) is 3.28. The van der Waals surface area contributed by atoms with E-state index in [1.165, 1.54) is 0 Å². The van der Waals surface area contributed by atoms with Crippen molar-refractivity contribution in [1.29, 1.82) is 0 Å². The molecule has 0 radical (unpaired) electrons. The number of halogens is 3. The van der Waals surface area contributed by atoms with Crippen LogP contribution in [0.4, 0.5) is 13.2 Å². The van der Waals surface area contributed by atoms with Crippen molar-refractivity contribution in [3.8, 4) is 0 Å². The lowest BCUT2D eigenvalue weighted by atomic mass is 9.87. The van der Waals surface area contributed by atoms with Crippen molar-refractivity contribution in [3.63, 3.8) is 0 Å². The number of aliphatic hydroxyl groups excluding tert-OH is 1. The lowest BCUT2D eigenvalue weighted by Crippen LogP contribution is -2.70. The number of hydrogen-bond acceptors (Lipinski definition) is 17. The normalized spacial score (nSPS) is 25.8. The third kappa shape index (κ3) is 15.0. The topological polar surface area (TPSA) is 247 Å². The van der Waals surface area contributed by atoms with Crippen molar-refractivity contribution in [3.05, 3.63) is 108 Å². The summed E-state index contributed by atoms with van der Waals surface area (Å²) in [4.78, 5) is 75.7. The Balaban J connectivity index is 1.59. The first-order valence-electron chi connectivity index (χ1n) is 21.1. The highest BCUT2D eigenvalue weighted by molar-refractivity contribution is 5.82. The van der Waals surface area contributed by atoms with Gasteiger partial charge in [0.1, 0.15) is 43.2 Å². The Morgan fingerprint density at radius 2 is 1.22 bits per heavy atom. The van der Waals surface area contributed by atoms with E-state index in [0.717, 1.165) is 33.3 Å². The van der Waals surface area contributed by atoms with Crippen molar-refractivity contribution in [2.45, 2.75) is 127 Å². The predicted octanol–water partition coefficient (Wildman–Crippen LogP) is 3.45. The monoisotopic (exact) mass is 963 g/mol. The molecule has 2 aliphatic rings. The molecule has 2 heterocycles. The number of alkyl halides is 3. The zero-order valence-corrected chi connectivity index (χ0v) is 37.2. The summed E-state index contributed by atoms with van der Waals surface area (Å²) in [6, 6.07) is 24.5. The van der Waals surface area contributed by atoms with E-state index in [0.29, 0.717) is 11.1 Å². The molecule has 3 aromatic rings. The molecule has 0 aromatic heterocycles. The summed E-state index contributed by atoms with van der Waals surface area (Å²) >= 11 is 0. The van der Waals surface area contributed by atoms with Gasteiger partial charge < -0.3 is 62.9 Å². The van der Waals surface area contributed by atoms with Crippen molar-refractivity contribution in [2.75, 3.05) is 13.2 Å². The number of rotatable bonds is 21. The van der Waals surface area contributed by atoms with Gasteiger partial charge >= 0.3 is 41.9 Å². The number of aliphatic carboxylic acids is 1. The number of aliphatic hydroxyl groups is 1. The maximum Gasteiger partial charge on any atom is 0.471 e. The van der Waals surface area contributed by atoms with Crippen LogP contribution in [0.2, 0.25) is 0 Å². The number of carboxylic acid groups (broad SMARTS) is 1. The molecule has 19 nitrogen and oxygen atoms in total. The van der Waals surface area contributed by atoms with Gasteiger partial charge in [-0.15, -0.1) is 0 Å². The highest BCUT2D eigenvalue weighted by atomic mass is 19.4. The van der Waals surface area contributed by atoms with Crippen LogP contribution in [-0.2, 0) is 96.0 Å². The largest absolute Gasteiger partial charge is 0.477 e. The molecule has 0 aliphatic carbocycles. The summed E-state index contributed by atoms with van der Waals surface area (Å²) in [5.41, 5.74) is 2.11. The summed E-state index contributed by atoms with van der Waals surface area (Å²) in [6.45, 7) is 1.48. The number of esters is 4. The Hall–Kier alpha value is -6.01. The molecule has 0 bridgehead atoms. The number of carbonyl (C=O) groups is 6. The zero-order chi connectivity index (χ0) is 49.6. The van der Waals surface area contributed by atoms with Gasteiger partial charge in [-0.05, 0) is 16.7 Å². The smallest absolute Gasteiger partial charge is 0.471 e. The SMILES string of the molecule is CC(=O)OC[C@@H](OC(C)=O)[C@H](OC(C)=O)[C@@H]1O[C@@](OC[C@H]2O[C@H](O)[C@H](OCc3ccccc3)[C@@H](OCc3ccccc3)[C@H]2OCc2ccccc2)(C(=O)O)C[C@H](OC(C)=O)[C@H]1NC(=O)C(F)(F)F. The highest BCUT2D eigenvalue weighted by Gasteiger charge is 2.61. The molecule has 0 saturated carbocycles. The Kier molecular flexibility index (Phi) is 18.9. The predicted molar refractivity (Wildman–Crippen MR) is 223 cm³/mol.